The molecule has 0 amide bonds. The van der Waals surface area contributed by atoms with Crippen LogP contribution in [0.25, 0.3) is 6.08 Å². The number of anilines is 1. The van der Waals surface area contributed by atoms with Crippen molar-refractivity contribution >= 4 is 39.4 Å². The maximum Gasteiger partial charge on any atom is 0.368 e. The number of carbonyl (C=O) groups is 2. The Hall–Kier alpha value is -3.44. The van der Waals surface area contributed by atoms with Crippen LogP contribution in [0.3, 0.4) is 0 Å². The number of ether oxygens (including phenoxy) is 2. The Balaban J connectivity index is 1.79. The van der Waals surface area contributed by atoms with Crippen molar-refractivity contribution in [3.63, 3.8) is 0 Å². The van der Waals surface area contributed by atoms with Crippen LogP contribution < -0.4 is 4.72 Å². The van der Waals surface area contributed by atoms with Gasteiger partial charge in [0.1, 0.15) is 18.4 Å². The van der Waals surface area contributed by atoms with E-state index in [0.29, 0.717) is 48.7 Å². The number of sulfonamides is 1. The molecule has 1 aliphatic heterocycles. The molecule has 0 spiro atoms. The molecule has 0 saturated heterocycles. The second kappa shape index (κ2) is 13.2. The van der Waals surface area contributed by atoms with Gasteiger partial charge in [-0.15, -0.1) is 0 Å². The summed E-state index contributed by atoms with van der Waals surface area (Å²) in [6, 6.07) is 9.51. The Bertz CT molecular complexity index is 1250. The van der Waals surface area contributed by atoms with Gasteiger partial charge in [-0.3, -0.25) is 4.72 Å². The summed E-state index contributed by atoms with van der Waals surface area (Å²) in [6.07, 6.45) is 5.20. The topological polar surface area (TPSA) is 125 Å². The molecule has 0 fully saturated rings. The summed E-state index contributed by atoms with van der Waals surface area (Å²) < 4.78 is 39.2. The third-order valence-electron chi connectivity index (χ3n) is 5.67. The van der Waals surface area contributed by atoms with Crippen LogP contribution in [0.2, 0.25) is 0 Å². The number of hydrogen-bond acceptors (Lipinski definition) is 8. The van der Waals surface area contributed by atoms with Crippen LogP contribution in [0.15, 0.2) is 53.3 Å². The molecule has 1 N–H and O–H groups in total. The summed E-state index contributed by atoms with van der Waals surface area (Å²) in [7, 11) is -3.43. The zero-order chi connectivity index (χ0) is 26.8. The number of nitrogens with one attached hydrogen (secondary N) is 1. The smallest absolute Gasteiger partial charge is 0.368 e. The predicted molar refractivity (Wildman–Crippen MR) is 141 cm³/mol. The lowest BCUT2D eigenvalue weighted by Gasteiger charge is -2.18. The van der Waals surface area contributed by atoms with Crippen molar-refractivity contribution in [1.82, 2.24) is 4.57 Å². The molecule has 3 rings (SSSR count). The minimum atomic E-state index is -3.43. The van der Waals surface area contributed by atoms with E-state index in [1.165, 1.54) is 0 Å². The molecule has 0 radical (unpaired) electrons. The first-order valence-corrected chi connectivity index (χ1v) is 14.0. The average Bonchev–Trinajstić information content (AvgIpc) is 3.48. The van der Waals surface area contributed by atoms with Crippen LogP contribution in [0.1, 0.15) is 57.3 Å². The summed E-state index contributed by atoms with van der Waals surface area (Å²) in [6.45, 7) is 6.70. The van der Waals surface area contributed by atoms with Gasteiger partial charge < -0.3 is 18.9 Å². The van der Waals surface area contributed by atoms with E-state index in [4.69, 9.17) is 14.3 Å². The fraction of sp³-hybridized carbons (Fsp3) is 0.423. The highest BCUT2D eigenvalue weighted by atomic mass is 32.2. The highest BCUT2D eigenvalue weighted by molar-refractivity contribution is 7.92. The molecule has 0 saturated carbocycles. The van der Waals surface area contributed by atoms with Crippen LogP contribution in [0.4, 0.5) is 5.69 Å². The van der Waals surface area contributed by atoms with Crippen LogP contribution >= 0.6 is 0 Å². The lowest BCUT2D eigenvalue weighted by molar-refractivity contribution is -0.149. The zero-order valence-corrected chi connectivity index (χ0v) is 22.1. The van der Waals surface area contributed by atoms with Gasteiger partial charge in [0, 0.05) is 29.7 Å². The summed E-state index contributed by atoms with van der Waals surface area (Å²) in [5, 5.41) is 3.93. The normalized spacial score (nSPS) is 15.4. The molecule has 2 heterocycles. The van der Waals surface area contributed by atoms with Crippen LogP contribution in [-0.4, -0.2) is 56.2 Å². The maximum atomic E-state index is 12.7. The van der Waals surface area contributed by atoms with Gasteiger partial charge in [0.05, 0.1) is 17.9 Å². The van der Waals surface area contributed by atoms with E-state index in [1.54, 1.807) is 53.2 Å². The molecule has 0 bridgehead atoms. The summed E-state index contributed by atoms with van der Waals surface area (Å²) in [5.74, 6) is -0.969. The summed E-state index contributed by atoms with van der Waals surface area (Å²) in [4.78, 5) is 30.1. The molecule has 0 aliphatic carbocycles. The zero-order valence-electron chi connectivity index (χ0n) is 21.3. The first-order valence-electron chi connectivity index (χ1n) is 12.3. The van der Waals surface area contributed by atoms with Gasteiger partial charge in [-0.25, -0.2) is 18.0 Å². The van der Waals surface area contributed by atoms with Gasteiger partial charge in [-0.1, -0.05) is 37.6 Å². The fourth-order valence-corrected chi connectivity index (χ4v) is 5.02. The molecule has 1 aliphatic rings. The summed E-state index contributed by atoms with van der Waals surface area (Å²) in [5.41, 5.74) is 2.13. The molecule has 37 heavy (non-hydrogen) atoms. The van der Waals surface area contributed by atoms with E-state index in [-0.39, 0.29) is 17.9 Å². The van der Waals surface area contributed by atoms with Crippen LogP contribution in [0, 0.1) is 0 Å². The molecule has 200 valence electrons. The van der Waals surface area contributed by atoms with Crippen LogP contribution in [0.5, 0.6) is 0 Å². The predicted octanol–water partition coefficient (Wildman–Crippen LogP) is 3.91. The monoisotopic (exact) mass is 531 g/mol. The van der Waals surface area contributed by atoms with Gasteiger partial charge in [0.25, 0.3) is 0 Å². The van der Waals surface area contributed by atoms with Gasteiger partial charge in [0.15, 0.2) is 0 Å². The SMILES string of the molecule is CCCCS(=O)(=O)Nc1ccc(C2=NOC(=O)C2=Cc2cccn2C(CC)C(=O)OCCOCC)cc1. The van der Waals surface area contributed by atoms with Gasteiger partial charge in [0.2, 0.25) is 10.0 Å². The summed E-state index contributed by atoms with van der Waals surface area (Å²) >= 11 is 0. The Morgan fingerprint density at radius 1 is 1.16 bits per heavy atom. The van der Waals surface area contributed by atoms with Crippen molar-refractivity contribution in [3.8, 4) is 0 Å². The number of aromatic nitrogens is 1. The number of carbonyl (C=O) groups excluding carboxylic acids is 2. The molecule has 2 aromatic rings. The molecule has 11 heteroatoms. The van der Waals surface area contributed by atoms with Crippen molar-refractivity contribution in [2.45, 2.75) is 46.1 Å². The third kappa shape index (κ3) is 7.53. The van der Waals surface area contributed by atoms with Crippen molar-refractivity contribution in [2.75, 3.05) is 30.3 Å². The Morgan fingerprint density at radius 2 is 1.92 bits per heavy atom. The highest BCUT2D eigenvalue weighted by Gasteiger charge is 2.28. The second-order valence-electron chi connectivity index (χ2n) is 8.36. The molecule has 1 aromatic carbocycles. The molecule has 1 unspecified atom stereocenters. The maximum absolute atomic E-state index is 12.7. The van der Waals surface area contributed by atoms with E-state index in [1.807, 2.05) is 20.8 Å². The minimum absolute atomic E-state index is 0.0473. The van der Waals surface area contributed by atoms with Crippen molar-refractivity contribution in [1.29, 1.82) is 0 Å². The molecular weight excluding hydrogens is 498 g/mol. The number of esters is 1. The number of oxime groups is 1. The largest absolute Gasteiger partial charge is 0.462 e. The highest BCUT2D eigenvalue weighted by Crippen LogP contribution is 2.25. The molecular formula is C26H33N3O7S. The fourth-order valence-electron chi connectivity index (χ4n) is 3.76. The first kappa shape index (κ1) is 28.1. The lowest BCUT2D eigenvalue weighted by Crippen LogP contribution is -2.23. The van der Waals surface area contributed by atoms with Gasteiger partial charge >= 0.3 is 11.9 Å². The Labute approximate surface area is 217 Å². The number of unbranched alkanes of at least 4 members (excludes halogenated alkanes) is 1. The van der Waals surface area contributed by atoms with Crippen LogP contribution in [-0.2, 0) is 33.9 Å². The van der Waals surface area contributed by atoms with Gasteiger partial charge in [-0.05, 0) is 50.1 Å². The minimum Gasteiger partial charge on any atom is -0.462 e. The lowest BCUT2D eigenvalue weighted by atomic mass is 10.0. The number of nitrogens with zero attached hydrogens (tertiary/aromatic N) is 2. The van der Waals surface area contributed by atoms with E-state index < -0.39 is 28.0 Å². The standard InChI is InChI=1S/C26H33N3O7S/c1-4-7-17-37(32,33)28-20-12-10-19(11-13-20)24-22(25(30)36-27-24)18-21-9-8-14-29(21)23(5-2)26(31)35-16-15-34-6-3/h8-14,18,23,28H,4-7,15-17H2,1-3H3. The Morgan fingerprint density at radius 3 is 2.59 bits per heavy atom. The van der Waals surface area contributed by atoms with E-state index in [9.17, 15) is 18.0 Å². The third-order valence-corrected chi connectivity index (χ3v) is 7.04. The van der Waals surface area contributed by atoms with Crippen molar-refractivity contribution in [3.05, 3.63) is 59.4 Å². The average molecular weight is 532 g/mol. The van der Waals surface area contributed by atoms with E-state index in [0.717, 1.165) is 6.42 Å². The first-order chi connectivity index (χ1) is 17.8. The van der Waals surface area contributed by atoms with Crippen molar-refractivity contribution in [2.24, 2.45) is 5.16 Å². The van der Waals surface area contributed by atoms with E-state index >= 15 is 0 Å². The second-order valence-corrected chi connectivity index (χ2v) is 10.2. The number of rotatable bonds is 14. The Kier molecular flexibility index (Phi) is 10.0. The van der Waals surface area contributed by atoms with E-state index in [2.05, 4.69) is 9.88 Å². The number of hydrogen-bond donors (Lipinski definition) is 1. The van der Waals surface area contributed by atoms with Crippen molar-refractivity contribution < 1.29 is 32.3 Å². The van der Waals surface area contributed by atoms with Gasteiger partial charge in [-0.2, -0.15) is 0 Å². The molecule has 1 atom stereocenters. The number of benzene rings is 1. The molecule has 10 nitrogen and oxygen atoms in total. The quantitative estimate of drug-likeness (QED) is 0.170. The molecule has 1 aromatic heterocycles.